The van der Waals surface area contributed by atoms with Gasteiger partial charge >= 0.3 is 0 Å². The minimum absolute atomic E-state index is 0.00601. The Labute approximate surface area is 134 Å². The molecule has 116 valence electrons. The fourth-order valence-electron chi connectivity index (χ4n) is 3.15. The van der Waals surface area contributed by atoms with Crippen molar-refractivity contribution in [1.29, 1.82) is 0 Å². The van der Waals surface area contributed by atoms with E-state index in [1.807, 2.05) is 54.7 Å². The zero-order chi connectivity index (χ0) is 15.8. The highest BCUT2D eigenvalue weighted by molar-refractivity contribution is 5.72. The van der Waals surface area contributed by atoms with Crippen LogP contribution in [-0.2, 0) is 0 Å². The van der Waals surface area contributed by atoms with Crippen LogP contribution >= 0.6 is 0 Å². The second kappa shape index (κ2) is 5.44. The fraction of sp³-hybridized carbons (Fsp3) is 0.167. The van der Waals surface area contributed by atoms with E-state index in [-0.39, 0.29) is 12.6 Å². The molecular formula is C18H17N3O2. The van der Waals surface area contributed by atoms with E-state index in [4.69, 9.17) is 4.74 Å². The molecule has 0 amide bonds. The standard InChI is InChI=1S/C18H17N3O2/c1-23-14-8-6-13(7-9-14)21-17(12-22)15-5-3-11-20(15)16-4-2-10-19-18(16)21/h2-11,17,22H,12H2,1H3/t17-/m1/s1. The zero-order valence-electron chi connectivity index (χ0n) is 12.8. The van der Waals surface area contributed by atoms with E-state index in [0.717, 1.165) is 28.6 Å². The zero-order valence-corrected chi connectivity index (χ0v) is 12.8. The maximum absolute atomic E-state index is 10.0. The first-order chi connectivity index (χ1) is 11.3. The number of rotatable bonds is 3. The van der Waals surface area contributed by atoms with Gasteiger partial charge < -0.3 is 19.3 Å². The van der Waals surface area contributed by atoms with Gasteiger partial charge in [-0.25, -0.2) is 4.98 Å². The second-order valence-corrected chi connectivity index (χ2v) is 5.42. The molecule has 0 fully saturated rings. The van der Waals surface area contributed by atoms with Gasteiger partial charge in [-0.15, -0.1) is 0 Å². The van der Waals surface area contributed by atoms with Gasteiger partial charge in [0, 0.05) is 23.8 Å². The Bertz CT molecular complexity index is 826. The Balaban J connectivity index is 1.90. The number of aliphatic hydroxyl groups excluding tert-OH is 1. The molecule has 3 heterocycles. The summed E-state index contributed by atoms with van der Waals surface area (Å²) in [6.45, 7) is 0.00601. The summed E-state index contributed by atoms with van der Waals surface area (Å²) in [5.74, 6) is 1.64. The van der Waals surface area contributed by atoms with Crippen LogP contribution in [0, 0.1) is 0 Å². The lowest BCUT2D eigenvalue weighted by atomic mass is 10.1. The summed E-state index contributed by atoms with van der Waals surface area (Å²) < 4.78 is 7.32. The summed E-state index contributed by atoms with van der Waals surface area (Å²) in [4.78, 5) is 6.63. The maximum atomic E-state index is 10.0. The molecule has 2 aromatic heterocycles. The van der Waals surface area contributed by atoms with Gasteiger partial charge in [0.1, 0.15) is 5.75 Å². The number of pyridine rings is 1. The van der Waals surface area contributed by atoms with Crippen LogP contribution in [0.2, 0.25) is 0 Å². The number of ether oxygens (including phenoxy) is 1. The van der Waals surface area contributed by atoms with E-state index in [2.05, 4.69) is 14.5 Å². The normalized spacial score (nSPS) is 15.9. The summed E-state index contributed by atoms with van der Waals surface area (Å²) in [5.41, 5.74) is 3.02. The number of methoxy groups -OCH3 is 1. The highest BCUT2D eigenvalue weighted by Crippen LogP contribution is 2.42. The lowest BCUT2D eigenvalue weighted by Gasteiger charge is -2.37. The smallest absolute Gasteiger partial charge is 0.158 e. The molecule has 0 saturated heterocycles. The first kappa shape index (κ1) is 13.8. The third-order valence-corrected chi connectivity index (χ3v) is 4.21. The van der Waals surface area contributed by atoms with Crippen molar-refractivity contribution >= 4 is 11.5 Å². The molecule has 0 spiro atoms. The number of benzene rings is 1. The molecule has 5 nitrogen and oxygen atoms in total. The van der Waals surface area contributed by atoms with E-state index in [9.17, 15) is 5.11 Å². The number of anilines is 2. The molecule has 3 aromatic rings. The average molecular weight is 307 g/mol. The third-order valence-electron chi connectivity index (χ3n) is 4.21. The number of fused-ring (bicyclic) bond motifs is 3. The van der Waals surface area contributed by atoms with Crippen LogP contribution in [-0.4, -0.2) is 28.4 Å². The molecular weight excluding hydrogens is 290 g/mol. The third kappa shape index (κ3) is 2.09. The predicted molar refractivity (Wildman–Crippen MR) is 88.5 cm³/mol. The quantitative estimate of drug-likeness (QED) is 0.808. The van der Waals surface area contributed by atoms with Crippen molar-refractivity contribution in [2.75, 3.05) is 18.6 Å². The molecule has 0 bridgehead atoms. The van der Waals surface area contributed by atoms with Gasteiger partial charge in [-0.2, -0.15) is 0 Å². The monoisotopic (exact) mass is 307 g/mol. The van der Waals surface area contributed by atoms with Crippen molar-refractivity contribution in [3.05, 3.63) is 66.6 Å². The van der Waals surface area contributed by atoms with E-state index in [0.29, 0.717) is 0 Å². The molecule has 1 aromatic carbocycles. The lowest BCUT2D eigenvalue weighted by molar-refractivity contribution is 0.261. The molecule has 4 rings (SSSR count). The summed E-state index contributed by atoms with van der Waals surface area (Å²) in [6, 6.07) is 15.6. The highest BCUT2D eigenvalue weighted by Gasteiger charge is 2.32. The van der Waals surface area contributed by atoms with Crippen molar-refractivity contribution in [2.45, 2.75) is 6.04 Å². The van der Waals surface area contributed by atoms with Gasteiger partial charge in [0.15, 0.2) is 5.82 Å². The number of aromatic nitrogens is 2. The summed E-state index contributed by atoms with van der Waals surface area (Å²) >= 11 is 0. The molecule has 23 heavy (non-hydrogen) atoms. The predicted octanol–water partition coefficient (Wildman–Crippen LogP) is 3.07. The summed E-state index contributed by atoms with van der Waals surface area (Å²) in [6.07, 6.45) is 3.78. The van der Waals surface area contributed by atoms with Crippen molar-refractivity contribution in [3.63, 3.8) is 0 Å². The van der Waals surface area contributed by atoms with Crippen molar-refractivity contribution < 1.29 is 9.84 Å². The average Bonchev–Trinajstić information content (AvgIpc) is 3.10. The topological polar surface area (TPSA) is 50.5 Å². The van der Waals surface area contributed by atoms with E-state index < -0.39 is 0 Å². The first-order valence-corrected chi connectivity index (χ1v) is 7.50. The SMILES string of the molecule is COc1ccc(N2c3ncccc3-n3cccc3[C@H]2CO)cc1. The lowest BCUT2D eigenvalue weighted by Crippen LogP contribution is -2.33. The van der Waals surface area contributed by atoms with Crippen LogP contribution < -0.4 is 9.64 Å². The van der Waals surface area contributed by atoms with Gasteiger partial charge in [0.2, 0.25) is 0 Å². The van der Waals surface area contributed by atoms with Crippen molar-refractivity contribution in [3.8, 4) is 11.4 Å². The minimum Gasteiger partial charge on any atom is -0.497 e. The molecule has 1 aliphatic heterocycles. The Morgan fingerprint density at radius 1 is 1.13 bits per heavy atom. The van der Waals surface area contributed by atoms with Gasteiger partial charge in [-0.1, -0.05) is 0 Å². The number of hydrogen-bond acceptors (Lipinski definition) is 4. The highest BCUT2D eigenvalue weighted by atomic mass is 16.5. The van der Waals surface area contributed by atoms with E-state index in [1.54, 1.807) is 13.3 Å². The van der Waals surface area contributed by atoms with Crippen LogP contribution in [0.5, 0.6) is 5.75 Å². The molecule has 1 N–H and O–H groups in total. The number of nitrogens with zero attached hydrogens (tertiary/aromatic N) is 3. The van der Waals surface area contributed by atoms with Gasteiger partial charge in [0.05, 0.1) is 25.4 Å². The van der Waals surface area contributed by atoms with E-state index in [1.165, 1.54) is 0 Å². The Morgan fingerprint density at radius 3 is 2.70 bits per heavy atom. The minimum atomic E-state index is -0.180. The van der Waals surface area contributed by atoms with Crippen LogP contribution in [0.25, 0.3) is 5.69 Å². The Kier molecular flexibility index (Phi) is 3.28. The fourth-order valence-corrected chi connectivity index (χ4v) is 3.15. The van der Waals surface area contributed by atoms with Gasteiger partial charge in [0.25, 0.3) is 0 Å². The van der Waals surface area contributed by atoms with E-state index >= 15 is 0 Å². The first-order valence-electron chi connectivity index (χ1n) is 7.50. The van der Waals surface area contributed by atoms with Crippen LogP contribution in [0.3, 0.4) is 0 Å². The van der Waals surface area contributed by atoms with Crippen molar-refractivity contribution in [2.24, 2.45) is 0 Å². The summed E-state index contributed by atoms with van der Waals surface area (Å²) in [7, 11) is 1.65. The molecule has 0 saturated carbocycles. The molecule has 1 atom stereocenters. The molecule has 1 aliphatic rings. The number of hydrogen-bond donors (Lipinski definition) is 1. The molecule has 5 heteroatoms. The Morgan fingerprint density at radius 2 is 1.96 bits per heavy atom. The number of aliphatic hydroxyl groups is 1. The van der Waals surface area contributed by atoms with Crippen LogP contribution in [0.4, 0.5) is 11.5 Å². The van der Waals surface area contributed by atoms with Crippen LogP contribution in [0.1, 0.15) is 11.7 Å². The molecule has 0 radical (unpaired) electrons. The largest absolute Gasteiger partial charge is 0.497 e. The molecule has 0 aliphatic carbocycles. The summed E-state index contributed by atoms with van der Waals surface area (Å²) in [5, 5.41) is 10.0. The van der Waals surface area contributed by atoms with Crippen molar-refractivity contribution in [1.82, 2.24) is 9.55 Å². The maximum Gasteiger partial charge on any atom is 0.158 e. The molecule has 0 unspecified atom stereocenters. The van der Waals surface area contributed by atoms with Gasteiger partial charge in [-0.05, 0) is 48.5 Å². The van der Waals surface area contributed by atoms with Gasteiger partial charge in [-0.3, -0.25) is 0 Å². The Hall–Kier alpha value is -2.79. The van der Waals surface area contributed by atoms with Crippen LogP contribution in [0.15, 0.2) is 60.9 Å². The second-order valence-electron chi connectivity index (χ2n) is 5.42.